The van der Waals surface area contributed by atoms with E-state index in [4.69, 9.17) is 19.9 Å². The molecule has 158 valence electrons. The van der Waals surface area contributed by atoms with Gasteiger partial charge in [-0.2, -0.15) is 0 Å². The third kappa shape index (κ3) is 5.92. The average Bonchev–Trinajstić information content (AvgIpc) is 2.99. The topological polar surface area (TPSA) is 134 Å². The lowest BCUT2D eigenvalue weighted by Crippen LogP contribution is -2.40. The Balaban J connectivity index is 2.09. The van der Waals surface area contributed by atoms with Crippen LogP contribution < -0.4 is 5.73 Å². The Bertz CT molecular complexity index is 757. The Kier molecular flexibility index (Phi) is 7.54. The van der Waals surface area contributed by atoms with E-state index in [0.717, 1.165) is 12.2 Å². The molecule has 0 aromatic carbocycles. The van der Waals surface area contributed by atoms with Gasteiger partial charge in [0.25, 0.3) is 0 Å². The van der Waals surface area contributed by atoms with Crippen molar-refractivity contribution >= 4 is 23.8 Å². The fourth-order valence-corrected chi connectivity index (χ4v) is 2.96. The quantitative estimate of drug-likeness (QED) is 0.354. The van der Waals surface area contributed by atoms with Gasteiger partial charge in [0.05, 0.1) is 7.11 Å². The van der Waals surface area contributed by atoms with Crippen LogP contribution >= 0.6 is 0 Å². The molecule has 2 rings (SSSR count). The van der Waals surface area contributed by atoms with Crippen LogP contribution in [0.25, 0.3) is 0 Å². The van der Waals surface area contributed by atoms with Gasteiger partial charge in [-0.3, -0.25) is 9.59 Å². The maximum atomic E-state index is 11.7. The summed E-state index contributed by atoms with van der Waals surface area (Å²) < 4.78 is 20.9. The van der Waals surface area contributed by atoms with Gasteiger partial charge in [-0.15, -0.1) is 0 Å². The molecule has 0 bridgehead atoms. The van der Waals surface area contributed by atoms with Crippen LogP contribution in [0.15, 0.2) is 36.2 Å². The smallest absolute Gasteiger partial charge is 0.331 e. The van der Waals surface area contributed by atoms with Crippen molar-refractivity contribution in [1.82, 2.24) is 4.90 Å². The van der Waals surface area contributed by atoms with Crippen LogP contribution in [0.1, 0.15) is 20.3 Å². The predicted molar refractivity (Wildman–Crippen MR) is 98.4 cm³/mol. The largest absolute Gasteiger partial charge is 0.466 e. The molecule has 0 aliphatic carbocycles. The molecule has 0 spiro atoms. The van der Waals surface area contributed by atoms with Crippen molar-refractivity contribution in [2.45, 2.75) is 38.7 Å². The summed E-state index contributed by atoms with van der Waals surface area (Å²) in [6, 6.07) is 0. The van der Waals surface area contributed by atoms with E-state index in [-0.39, 0.29) is 12.5 Å². The minimum Gasteiger partial charge on any atom is -0.466 e. The van der Waals surface area contributed by atoms with Crippen molar-refractivity contribution in [3.8, 4) is 0 Å². The first-order chi connectivity index (χ1) is 13.7. The van der Waals surface area contributed by atoms with E-state index in [1.807, 2.05) is 0 Å². The Labute approximate surface area is 167 Å². The first-order valence-electron chi connectivity index (χ1n) is 8.93. The summed E-state index contributed by atoms with van der Waals surface area (Å²) in [4.78, 5) is 47.4. The number of hydrogen-bond acceptors (Lipinski definition) is 9. The van der Waals surface area contributed by atoms with Gasteiger partial charge < -0.3 is 29.6 Å². The van der Waals surface area contributed by atoms with Crippen LogP contribution in [-0.2, 0) is 38.1 Å². The number of nitrogens with two attached hydrogens (primary N) is 1. The molecule has 2 heterocycles. The molecule has 0 aromatic rings. The molecule has 29 heavy (non-hydrogen) atoms. The molecule has 1 saturated heterocycles. The first-order valence-corrected chi connectivity index (χ1v) is 8.93. The van der Waals surface area contributed by atoms with Crippen LogP contribution in [0, 0.1) is 5.92 Å². The number of methoxy groups -OCH3 is 1. The highest BCUT2D eigenvalue weighted by Crippen LogP contribution is 2.33. The highest BCUT2D eigenvalue weighted by Gasteiger charge is 2.47. The number of rotatable bonds is 7. The first kappa shape index (κ1) is 22.2. The zero-order chi connectivity index (χ0) is 21.6. The second-order valence-electron chi connectivity index (χ2n) is 6.54. The van der Waals surface area contributed by atoms with Gasteiger partial charge in [0, 0.05) is 43.0 Å². The normalized spacial score (nSPS) is 26.2. The molecule has 0 radical (unpaired) electrons. The lowest BCUT2D eigenvalue weighted by atomic mass is 10.00. The van der Waals surface area contributed by atoms with Gasteiger partial charge >= 0.3 is 17.9 Å². The molecule has 0 saturated carbocycles. The number of ether oxygens (including phenoxy) is 4. The maximum absolute atomic E-state index is 11.7. The van der Waals surface area contributed by atoms with Gasteiger partial charge in [-0.05, 0) is 6.42 Å². The summed E-state index contributed by atoms with van der Waals surface area (Å²) in [7, 11) is 1.19. The number of hydrogen-bond donors (Lipinski definition) is 1. The van der Waals surface area contributed by atoms with Gasteiger partial charge in [-0.25, -0.2) is 9.59 Å². The lowest BCUT2D eigenvalue weighted by molar-refractivity contribution is -0.155. The van der Waals surface area contributed by atoms with Crippen LogP contribution in [0.5, 0.6) is 0 Å². The molecule has 0 aromatic heterocycles. The van der Waals surface area contributed by atoms with Gasteiger partial charge in [0.2, 0.25) is 5.91 Å². The average molecular weight is 408 g/mol. The number of esters is 3. The van der Waals surface area contributed by atoms with E-state index in [2.05, 4.69) is 4.74 Å². The van der Waals surface area contributed by atoms with Crippen LogP contribution in [-0.4, -0.2) is 60.9 Å². The van der Waals surface area contributed by atoms with E-state index in [0.29, 0.717) is 12.0 Å². The second-order valence-corrected chi connectivity index (χ2v) is 6.54. The van der Waals surface area contributed by atoms with E-state index in [1.165, 1.54) is 14.0 Å². The van der Waals surface area contributed by atoms with E-state index < -0.39 is 42.3 Å². The van der Waals surface area contributed by atoms with Crippen LogP contribution in [0.4, 0.5) is 0 Å². The fourth-order valence-electron chi connectivity index (χ4n) is 2.96. The van der Waals surface area contributed by atoms with Crippen molar-refractivity contribution in [2.24, 2.45) is 11.7 Å². The molecule has 1 amide bonds. The standard InChI is InChI=1S/C19H24N2O8/c1-11-14(10-27-16(24)7-6-15(23)26-3)29-19(17(11)28-12(2)22)21-8-4-5-13(9-21)18(20)25/h4,6-9,11,14,17,19H,5,10H2,1-3H3,(H2,20,25)/b7-6+/t11-,14-,17-,19-/m1/s1. The van der Waals surface area contributed by atoms with Crippen LogP contribution in [0.2, 0.25) is 0 Å². The summed E-state index contributed by atoms with van der Waals surface area (Å²) in [5, 5.41) is 0. The summed E-state index contributed by atoms with van der Waals surface area (Å²) in [6.07, 6.45) is 5.29. The molecule has 2 aliphatic rings. The van der Waals surface area contributed by atoms with E-state index >= 15 is 0 Å². The van der Waals surface area contributed by atoms with Crippen molar-refractivity contribution in [3.63, 3.8) is 0 Å². The third-order valence-corrected chi connectivity index (χ3v) is 4.48. The van der Waals surface area contributed by atoms with Crippen molar-refractivity contribution < 1.29 is 38.1 Å². The van der Waals surface area contributed by atoms with Gasteiger partial charge in [0.15, 0.2) is 12.3 Å². The summed E-state index contributed by atoms with van der Waals surface area (Å²) in [6.45, 7) is 2.96. The Hall–Kier alpha value is -3.14. The van der Waals surface area contributed by atoms with E-state index in [1.54, 1.807) is 30.3 Å². The zero-order valence-electron chi connectivity index (χ0n) is 16.4. The lowest BCUT2D eigenvalue weighted by Gasteiger charge is -2.30. The Morgan fingerprint density at radius 3 is 2.59 bits per heavy atom. The number of nitrogens with zero attached hydrogens (tertiary/aromatic N) is 1. The highest BCUT2D eigenvalue weighted by atomic mass is 16.6. The molecule has 1 fully saturated rings. The minimum absolute atomic E-state index is 0.121. The van der Waals surface area contributed by atoms with Crippen molar-refractivity contribution in [2.75, 3.05) is 13.7 Å². The third-order valence-electron chi connectivity index (χ3n) is 4.48. The molecule has 10 heteroatoms. The summed E-state index contributed by atoms with van der Waals surface area (Å²) >= 11 is 0. The number of carbonyl (C=O) groups excluding carboxylic acids is 4. The SMILES string of the molecule is COC(=O)/C=C/C(=O)OC[C@H]1O[C@@H](N2C=CCC(C(N)=O)=C2)[C@H](OC(C)=O)[C@@H]1C. The molecular weight excluding hydrogens is 384 g/mol. The summed E-state index contributed by atoms with van der Waals surface area (Å²) in [5.74, 6) is -2.79. The highest BCUT2D eigenvalue weighted by molar-refractivity contribution is 5.92. The molecule has 2 N–H and O–H groups in total. The minimum atomic E-state index is -0.743. The molecule has 4 atom stereocenters. The molecule has 0 unspecified atom stereocenters. The fraction of sp³-hybridized carbons (Fsp3) is 0.474. The van der Waals surface area contributed by atoms with Crippen molar-refractivity contribution in [3.05, 3.63) is 36.2 Å². The number of carbonyl (C=O) groups is 4. The van der Waals surface area contributed by atoms with Crippen LogP contribution in [0.3, 0.4) is 0 Å². The monoisotopic (exact) mass is 408 g/mol. The molecular formula is C19H24N2O8. The molecule has 2 aliphatic heterocycles. The van der Waals surface area contributed by atoms with Crippen molar-refractivity contribution in [1.29, 1.82) is 0 Å². The maximum Gasteiger partial charge on any atom is 0.331 e. The predicted octanol–water partition coefficient (Wildman–Crippen LogP) is 0.140. The number of allylic oxidation sites excluding steroid dienone is 1. The van der Waals surface area contributed by atoms with Gasteiger partial charge in [0.1, 0.15) is 12.7 Å². The second kappa shape index (κ2) is 9.87. The number of amides is 1. The Morgan fingerprint density at radius 2 is 1.97 bits per heavy atom. The zero-order valence-corrected chi connectivity index (χ0v) is 16.4. The Morgan fingerprint density at radius 1 is 1.28 bits per heavy atom. The van der Waals surface area contributed by atoms with Gasteiger partial charge in [-0.1, -0.05) is 13.0 Å². The van der Waals surface area contributed by atoms with E-state index in [9.17, 15) is 19.2 Å². The number of primary amides is 1. The molecule has 10 nitrogen and oxygen atoms in total. The summed E-state index contributed by atoms with van der Waals surface area (Å²) in [5.41, 5.74) is 5.73.